The van der Waals surface area contributed by atoms with E-state index >= 15 is 0 Å². The van der Waals surface area contributed by atoms with Gasteiger partial charge >= 0.3 is 0 Å². The van der Waals surface area contributed by atoms with Gasteiger partial charge in [0.25, 0.3) is 0 Å². The van der Waals surface area contributed by atoms with Crippen molar-refractivity contribution in [1.82, 2.24) is 0 Å². The lowest BCUT2D eigenvalue weighted by Crippen LogP contribution is -2.22. The Labute approximate surface area is 128 Å². The average Bonchev–Trinajstić information content (AvgIpc) is 2.93. The molecular formula is C17H30N2O2. The molecule has 0 aromatic carbocycles. The summed E-state index contributed by atoms with van der Waals surface area (Å²) in [6.07, 6.45) is 12.6. The van der Waals surface area contributed by atoms with Crippen LogP contribution in [0.15, 0.2) is 16.5 Å². The minimum atomic E-state index is 0.125. The van der Waals surface area contributed by atoms with Crippen LogP contribution >= 0.6 is 0 Å². The van der Waals surface area contributed by atoms with Crippen molar-refractivity contribution in [3.63, 3.8) is 0 Å². The topological polar surface area (TPSA) is 82.2 Å². The third kappa shape index (κ3) is 8.68. The molecule has 1 atom stereocenters. The highest BCUT2D eigenvalue weighted by Gasteiger charge is 2.07. The second-order valence-corrected chi connectivity index (χ2v) is 5.79. The lowest BCUT2D eigenvalue weighted by atomic mass is 10.0. The summed E-state index contributed by atoms with van der Waals surface area (Å²) in [6, 6.07) is 3.66. The molecule has 0 fully saturated rings. The number of nitrogens with two attached hydrogens (primary N) is 2. The lowest BCUT2D eigenvalue weighted by molar-refractivity contribution is 0.109. The van der Waals surface area contributed by atoms with Crippen LogP contribution in [0.3, 0.4) is 0 Å². The Morgan fingerprint density at radius 3 is 2.19 bits per heavy atom. The number of furan rings is 1. The number of unbranched alkanes of at least 4 members (excludes halogenated alkanes) is 7. The molecule has 0 saturated carbocycles. The average molecular weight is 294 g/mol. The van der Waals surface area contributed by atoms with Crippen molar-refractivity contribution in [2.24, 2.45) is 11.5 Å². The van der Waals surface area contributed by atoms with E-state index in [9.17, 15) is 4.79 Å². The minimum Gasteiger partial charge on any atom is -0.458 e. The smallest absolute Gasteiger partial charge is 0.185 e. The number of rotatable bonds is 13. The summed E-state index contributed by atoms with van der Waals surface area (Å²) in [5.74, 6) is 1.19. The molecule has 1 unspecified atom stereocenters. The van der Waals surface area contributed by atoms with E-state index < -0.39 is 0 Å². The van der Waals surface area contributed by atoms with Gasteiger partial charge in [-0.05, 0) is 31.5 Å². The zero-order chi connectivity index (χ0) is 15.3. The largest absolute Gasteiger partial charge is 0.458 e. The van der Waals surface area contributed by atoms with Gasteiger partial charge < -0.3 is 15.9 Å². The molecule has 0 amide bonds. The fourth-order valence-corrected chi connectivity index (χ4v) is 2.54. The van der Waals surface area contributed by atoms with E-state index in [0.717, 1.165) is 31.4 Å². The summed E-state index contributed by atoms with van der Waals surface area (Å²) < 4.78 is 5.34. The number of hydrogen-bond donors (Lipinski definition) is 2. The summed E-state index contributed by atoms with van der Waals surface area (Å²) >= 11 is 0. The van der Waals surface area contributed by atoms with E-state index in [1.54, 1.807) is 6.07 Å². The zero-order valence-electron chi connectivity index (χ0n) is 13.1. The van der Waals surface area contributed by atoms with Crippen LogP contribution in [-0.2, 0) is 6.42 Å². The summed E-state index contributed by atoms with van der Waals surface area (Å²) in [7, 11) is 0. The Bertz CT molecular complexity index is 377. The van der Waals surface area contributed by atoms with E-state index in [1.165, 1.54) is 44.9 Å². The van der Waals surface area contributed by atoms with Crippen LogP contribution in [0.25, 0.3) is 0 Å². The summed E-state index contributed by atoms with van der Waals surface area (Å²) in [5, 5.41) is 0. The van der Waals surface area contributed by atoms with Crippen molar-refractivity contribution < 1.29 is 9.21 Å². The van der Waals surface area contributed by atoms with Gasteiger partial charge in [-0.15, -0.1) is 0 Å². The Kier molecular flexibility index (Phi) is 9.83. The molecule has 0 saturated heterocycles. The first kappa shape index (κ1) is 17.9. The predicted molar refractivity (Wildman–Crippen MR) is 86.4 cm³/mol. The fourth-order valence-electron chi connectivity index (χ4n) is 2.54. The first-order valence-corrected chi connectivity index (χ1v) is 8.25. The lowest BCUT2D eigenvalue weighted by Gasteiger charge is -2.09. The van der Waals surface area contributed by atoms with Crippen molar-refractivity contribution in [3.05, 3.63) is 23.7 Å². The van der Waals surface area contributed by atoms with Crippen molar-refractivity contribution in [1.29, 1.82) is 0 Å². The van der Waals surface area contributed by atoms with Crippen molar-refractivity contribution in [2.75, 3.05) is 6.54 Å². The maximum atomic E-state index is 10.5. The van der Waals surface area contributed by atoms with Gasteiger partial charge in [-0.3, -0.25) is 4.79 Å². The molecule has 0 aliphatic rings. The second-order valence-electron chi connectivity index (χ2n) is 5.79. The maximum Gasteiger partial charge on any atom is 0.185 e. The highest BCUT2D eigenvalue weighted by molar-refractivity contribution is 5.70. The van der Waals surface area contributed by atoms with Gasteiger partial charge in [-0.2, -0.15) is 0 Å². The van der Waals surface area contributed by atoms with Crippen LogP contribution in [0, 0.1) is 0 Å². The molecule has 4 nitrogen and oxygen atoms in total. The number of carbonyl (C=O) groups is 1. The normalized spacial score (nSPS) is 12.5. The summed E-state index contributed by atoms with van der Waals surface area (Å²) in [5.41, 5.74) is 11.6. The molecule has 0 radical (unpaired) electrons. The van der Waals surface area contributed by atoms with Crippen molar-refractivity contribution >= 4 is 6.29 Å². The quantitative estimate of drug-likeness (QED) is 0.431. The zero-order valence-corrected chi connectivity index (χ0v) is 13.1. The molecule has 0 aliphatic carbocycles. The molecule has 4 N–H and O–H groups in total. The number of carbonyl (C=O) groups excluding carboxylic acids is 1. The molecule has 0 aliphatic heterocycles. The van der Waals surface area contributed by atoms with Gasteiger partial charge in [0.05, 0.1) is 0 Å². The fraction of sp³-hybridized carbons (Fsp3) is 0.706. The SMILES string of the molecule is NCCCCCCCCCCC(N)Cc1ccc(C=O)o1. The van der Waals surface area contributed by atoms with Crippen LogP contribution in [-0.4, -0.2) is 18.9 Å². The number of hydrogen-bond acceptors (Lipinski definition) is 4. The summed E-state index contributed by atoms with van der Waals surface area (Å²) in [4.78, 5) is 10.5. The van der Waals surface area contributed by atoms with Gasteiger partial charge in [-0.25, -0.2) is 0 Å². The first-order valence-electron chi connectivity index (χ1n) is 8.25. The molecular weight excluding hydrogens is 264 g/mol. The molecule has 1 heterocycles. The Morgan fingerprint density at radius 1 is 1.00 bits per heavy atom. The molecule has 21 heavy (non-hydrogen) atoms. The third-order valence-corrected chi connectivity index (χ3v) is 3.79. The van der Waals surface area contributed by atoms with Crippen molar-refractivity contribution in [3.8, 4) is 0 Å². The van der Waals surface area contributed by atoms with Gasteiger partial charge in [0.1, 0.15) is 5.76 Å². The highest BCUT2D eigenvalue weighted by atomic mass is 16.3. The van der Waals surface area contributed by atoms with E-state index in [4.69, 9.17) is 15.9 Å². The second kappa shape index (κ2) is 11.5. The monoisotopic (exact) mass is 294 g/mol. The molecule has 1 aromatic rings. The van der Waals surface area contributed by atoms with Gasteiger partial charge in [0.15, 0.2) is 12.0 Å². The van der Waals surface area contributed by atoms with Crippen LogP contribution in [0.5, 0.6) is 0 Å². The van der Waals surface area contributed by atoms with Crippen LogP contribution < -0.4 is 11.5 Å². The van der Waals surface area contributed by atoms with E-state index in [0.29, 0.717) is 12.2 Å². The Hall–Kier alpha value is -1.13. The summed E-state index contributed by atoms with van der Waals surface area (Å²) in [6.45, 7) is 0.821. The maximum absolute atomic E-state index is 10.5. The van der Waals surface area contributed by atoms with Gasteiger partial charge in [0, 0.05) is 12.5 Å². The Balaban J connectivity index is 1.96. The standard InChI is InChI=1S/C17H30N2O2/c18-12-8-6-4-2-1-3-5-7-9-15(19)13-16-10-11-17(14-20)21-16/h10-11,14-15H,1-9,12-13,18-19H2. The highest BCUT2D eigenvalue weighted by Crippen LogP contribution is 2.13. The minimum absolute atomic E-state index is 0.125. The molecule has 0 bridgehead atoms. The van der Waals surface area contributed by atoms with Crippen LogP contribution in [0.1, 0.15) is 74.1 Å². The van der Waals surface area contributed by atoms with Gasteiger partial charge in [-0.1, -0.05) is 44.9 Å². The van der Waals surface area contributed by atoms with E-state index in [2.05, 4.69) is 0 Å². The first-order chi connectivity index (χ1) is 10.3. The number of aldehydes is 1. The third-order valence-electron chi connectivity index (χ3n) is 3.79. The van der Waals surface area contributed by atoms with Crippen LogP contribution in [0.4, 0.5) is 0 Å². The molecule has 4 heteroatoms. The van der Waals surface area contributed by atoms with E-state index in [1.807, 2.05) is 6.07 Å². The van der Waals surface area contributed by atoms with Crippen molar-refractivity contribution in [2.45, 2.75) is 70.3 Å². The Morgan fingerprint density at radius 2 is 1.62 bits per heavy atom. The predicted octanol–water partition coefficient (Wildman–Crippen LogP) is 3.43. The van der Waals surface area contributed by atoms with E-state index in [-0.39, 0.29) is 6.04 Å². The molecule has 1 aromatic heterocycles. The van der Waals surface area contributed by atoms with Crippen LogP contribution in [0.2, 0.25) is 0 Å². The van der Waals surface area contributed by atoms with Gasteiger partial charge in [0.2, 0.25) is 0 Å². The molecule has 120 valence electrons. The molecule has 1 rings (SSSR count). The molecule has 0 spiro atoms.